The summed E-state index contributed by atoms with van der Waals surface area (Å²) in [5.41, 5.74) is 10.8. The van der Waals surface area contributed by atoms with Crippen molar-refractivity contribution in [2.75, 3.05) is 0 Å². The summed E-state index contributed by atoms with van der Waals surface area (Å²) in [6, 6.07) is 52.0. The van der Waals surface area contributed by atoms with E-state index < -0.39 is 0 Å². The Morgan fingerprint density at radius 1 is 0.360 bits per heavy atom. The zero-order chi connectivity index (χ0) is 33.0. The molecule has 0 aliphatic heterocycles. The zero-order valence-corrected chi connectivity index (χ0v) is 27.4. The maximum absolute atomic E-state index is 6.62. The minimum Gasteiger partial charge on any atom is -0.456 e. The molecule has 0 amide bonds. The summed E-state index contributed by atoms with van der Waals surface area (Å²) in [5.74, 6) is 0. The number of hydrogen-bond donors (Lipinski definition) is 0. The van der Waals surface area contributed by atoms with Gasteiger partial charge in [0, 0.05) is 26.9 Å². The minimum absolute atomic E-state index is 0.865. The van der Waals surface area contributed by atoms with E-state index in [1.165, 1.54) is 43.8 Å². The molecule has 0 atom stereocenters. The number of fused-ring (bicyclic) bond motifs is 9. The van der Waals surface area contributed by atoms with Gasteiger partial charge < -0.3 is 8.83 Å². The Labute approximate surface area is 289 Å². The number of furan rings is 2. The van der Waals surface area contributed by atoms with Gasteiger partial charge in [0.1, 0.15) is 22.3 Å². The summed E-state index contributed by atoms with van der Waals surface area (Å²) in [6.45, 7) is 0. The van der Waals surface area contributed by atoms with Crippen LogP contribution in [0.25, 0.3) is 76.9 Å². The molecule has 1 aliphatic rings. The molecule has 0 spiro atoms. The smallest absolute Gasteiger partial charge is 0.143 e. The maximum atomic E-state index is 6.62. The molecule has 0 N–H and O–H groups in total. The summed E-state index contributed by atoms with van der Waals surface area (Å²) in [6.07, 6.45) is 11.2. The fourth-order valence-corrected chi connectivity index (χ4v) is 7.72. The van der Waals surface area contributed by atoms with E-state index in [0.717, 1.165) is 67.5 Å². The second-order valence-electron chi connectivity index (χ2n) is 13.1. The lowest BCUT2D eigenvalue weighted by atomic mass is 9.90. The summed E-state index contributed by atoms with van der Waals surface area (Å²) in [4.78, 5) is 0. The van der Waals surface area contributed by atoms with Crippen LogP contribution >= 0.6 is 0 Å². The highest BCUT2D eigenvalue weighted by Gasteiger charge is 2.19. The van der Waals surface area contributed by atoms with Gasteiger partial charge in [-0.3, -0.25) is 0 Å². The van der Waals surface area contributed by atoms with Crippen molar-refractivity contribution in [1.29, 1.82) is 0 Å². The topological polar surface area (TPSA) is 26.3 Å². The fourth-order valence-electron chi connectivity index (χ4n) is 7.72. The molecule has 2 aromatic heterocycles. The average molecular weight is 641 g/mol. The first-order chi connectivity index (χ1) is 24.8. The van der Waals surface area contributed by atoms with E-state index in [1.54, 1.807) is 0 Å². The molecule has 2 heteroatoms. The average Bonchev–Trinajstić information content (AvgIpc) is 3.74. The van der Waals surface area contributed by atoms with Crippen LogP contribution in [0.5, 0.6) is 0 Å². The van der Waals surface area contributed by atoms with Gasteiger partial charge in [-0.05, 0) is 92.4 Å². The van der Waals surface area contributed by atoms with Crippen molar-refractivity contribution in [3.8, 4) is 11.1 Å². The molecule has 7 aromatic carbocycles. The second kappa shape index (κ2) is 11.6. The predicted octanol–water partition coefficient (Wildman–Crippen LogP) is 11.6. The number of para-hydroxylation sites is 2. The van der Waals surface area contributed by atoms with E-state index in [0.29, 0.717) is 0 Å². The molecule has 236 valence electrons. The Morgan fingerprint density at radius 2 is 0.920 bits per heavy atom. The van der Waals surface area contributed by atoms with Crippen molar-refractivity contribution in [1.82, 2.24) is 0 Å². The van der Waals surface area contributed by atoms with E-state index in [4.69, 9.17) is 8.83 Å². The molecule has 10 rings (SSSR count). The highest BCUT2D eigenvalue weighted by atomic mass is 16.3. The molecule has 1 aliphatic carbocycles. The lowest BCUT2D eigenvalue weighted by Gasteiger charge is -2.13. The first kappa shape index (κ1) is 28.6. The van der Waals surface area contributed by atoms with Crippen LogP contribution in [0.3, 0.4) is 0 Å². The molecule has 2 nitrogen and oxygen atoms in total. The molecule has 0 fully saturated rings. The van der Waals surface area contributed by atoms with Crippen molar-refractivity contribution in [2.45, 2.75) is 12.8 Å². The Bertz CT molecular complexity index is 2950. The van der Waals surface area contributed by atoms with Gasteiger partial charge in [-0.15, -0.1) is 0 Å². The van der Waals surface area contributed by atoms with E-state index in [1.807, 2.05) is 18.2 Å². The van der Waals surface area contributed by atoms with Crippen LogP contribution in [0.4, 0.5) is 0 Å². The van der Waals surface area contributed by atoms with Gasteiger partial charge in [0.2, 0.25) is 0 Å². The van der Waals surface area contributed by atoms with Gasteiger partial charge in [0.05, 0.1) is 0 Å². The quantitative estimate of drug-likeness (QED) is 0.192. The summed E-state index contributed by atoms with van der Waals surface area (Å²) in [7, 11) is 0. The van der Waals surface area contributed by atoms with Crippen LogP contribution in [0.1, 0.15) is 24.0 Å². The van der Waals surface area contributed by atoms with Crippen molar-refractivity contribution in [2.24, 2.45) is 0 Å². The maximum Gasteiger partial charge on any atom is 0.143 e. The van der Waals surface area contributed by atoms with Gasteiger partial charge in [-0.1, -0.05) is 140 Å². The molecular weight excluding hydrogens is 609 g/mol. The Balaban J connectivity index is 1.33. The van der Waals surface area contributed by atoms with E-state index >= 15 is 0 Å². The van der Waals surface area contributed by atoms with Crippen molar-refractivity contribution in [3.05, 3.63) is 191 Å². The third-order valence-electron chi connectivity index (χ3n) is 10.1. The third-order valence-corrected chi connectivity index (χ3v) is 10.1. The Hall–Kier alpha value is -6.38. The first-order valence-corrected chi connectivity index (χ1v) is 17.3. The Kier molecular flexibility index (Phi) is 6.67. The summed E-state index contributed by atoms with van der Waals surface area (Å²) >= 11 is 0. The van der Waals surface area contributed by atoms with Gasteiger partial charge in [0.25, 0.3) is 0 Å². The molecule has 0 unspecified atom stereocenters. The molecule has 0 bridgehead atoms. The molecule has 2 heterocycles. The molecule has 9 aromatic rings. The van der Waals surface area contributed by atoms with Crippen LogP contribution in [0.15, 0.2) is 179 Å². The standard InChI is InChI=1S/C48H32O2/c1-2-7-17-37(36-19-9-8-18-35(36)34(16-6-1)33-26-24-32(25-27-33)31-14-4-3-5-15-31)40-29-43-39-21-11-13-23-46(39)50-48(43)44-30-47-42(28-41(40)44)38-20-10-12-22-45(38)49-47/h3-30H,1-2H2/b16-6+,17-7+,35-34+,37-36+. The number of hydrogen-bond acceptors (Lipinski definition) is 2. The fraction of sp³-hybridized carbons (Fsp3) is 0.0417. The first-order valence-electron chi connectivity index (χ1n) is 17.3. The van der Waals surface area contributed by atoms with Crippen LogP contribution in [0, 0.1) is 0 Å². The van der Waals surface area contributed by atoms with E-state index in [9.17, 15) is 0 Å². The largest absolute Gasteiger partial charge is 0.456 e. The second-order valence-corrected chi connectivity index (χ2v) is 13.1. The van der Waals surface area contributed by atoms with Crippen molar-refractivity contribution in [3.63, 3.8) is 0 Å². The van der Waals surface area contributed by atoms with Crippen LogP contribution in [-0.2, 0) is 0 Å². The van der Waals surface area contributed by atoms with Crippen molar-refractivity contribution < 1.29 is 8.83 Å². The van der Waals surface area contributed by atoms with Gasteiger partial charge >= 0.3 is 0 Å². The number of rotatable bonds is 3. The van der Waals surface area contributed by atoms with Gasteiger partial charge in [-0.2, -0.15) is 0 Å². The lowest BCUT2D eigenvalue weighted by molar-refractivity contribution is 0.667. The summed E-state index contributed by atoms with van der Waals surface area (Å²) < 4.78 is 13.0. The molecular formula is C48H32O2. The summed E-state index contributed by atoms with van der Waals surface area (Å²) in [5, 5.41) is 9.04. The molecule has 0 saturated carbocycles. The van der Waals surface area contributed by atoms with E-state index in [-0.39, 0.29) is 0 Å². The zero-order valence-electron chi connectivity index (χ0n) is 27.4. The molecule has 50 heavy (non-hydrogen) atoms. The van der Waals surface area contributed by atoms with E-state index in [2.05, 4.69) is 152 Å². The molecule has 0 saturated heterocycles. The Morgan fingerprint density at radius 3 is 1.68 bits per heavy atom. The van der Waals surface area contributed by atoms with Gasteiger partial charge in [-0.25, -0.2) is 0 Å². The van der Waals surface area contributed by atoms with Crippen molar-refractivity contribution >= 4 is 65.8 Å². The van der Waals surface area contributed by atoms with Crippen LogP contribution in [0.2, 0.25) is 0 Å². The highest BCUT2D eigenvalue weighted by Crippen LogP contribution is 2.41. The van der Waals surface area contributed by atoms with Gasteiger partial charge in [0.15, 0.2) is 0 Å². The van der Waals surface area contributed by atoms with Crippen LogP contribution < -0.4 is 10.4 Å². The number of allylic oxidation sites excluding steroid dienone is 4. The SMILES string of the molecule is C1=C/C(c2ccc(-c3ccccc3)cc2)=c2/cccc/c2=C(c2cc3c4ccccc4oc3c3cc4oc5ccccc5c4cc23)/C=C/CC/1. The monoisotopic (exact) mass is 640 g/mol. The normalized spacial score (nSPS) is 17.0. The minimum atomic E-state index is 0.865. The lowest BCUT2D eigenvalue weighted by Crippen LogP contribution is -2.29. The highest BCUT2D eigenvalue weighted by molar-refractivity contribution is 6.22. The third kappa shape index (κ3) is 4.64. The molecule has 0 radical (unpaired) electrons. The predicted molar refractivity (Wildman–Crippen MR) is 209 cm³/mol. The van der Waals surface area contributed by atoms with Crippen LogP contribution in [-0.4, -0.2) is 0 Å². The number of benzene rings is 7.